The van der Waals surface area contributed by atoms with E-state index in [4.69, 9.17) is 9.94 Å². The summed E-state index contributed by atoms with van der Waals surface area (Å²) in [5, 5.41) is 20.2. The first kappa shape index (κ1) is 23.2. The van der Waals surface area contributed by atoms with E-state index in [1.807, 2.05) is 6.92 Å². The second-order valence-electron chi connectivity index (χ2n) is 6.51. The van der Waals surface area contributed by atoms with Gasteiger partial charge in [-0.3, -0.25) is 10.0 Å². The van der Waals surface area contributed by atoms with Crippen molar-refractivity contribution in [2.45, 2.75) is 35.4 Å². The van der Waals surface area contributed by atoms with E-state index in [1.165, 1.54) is 35.9 Å². The molecule has 2 aromatic rings. The van der Waals surface area contributed by atoms with Crippen LogP contribution in [0, 0.1) is 0 Å². The third-order valence-electron chi connectivity index (χ3n) is 4.12. The molecule has 1 heterocycles. The molecule has 9 nitrogen and oxygen atoms in total. The Hall–Kier alpha value is -2.08. The number of aromatic nitrogens is 2. The van der Waals surface area contributed by atoms with E-state index in [2.05, 4.69) is 4.98 Å². The minimum absolute atomic E-state index is 0.0634. The van der Waals surface area contributed by atoms with Crippen molar-refractivity contribution in [1.29, 1.82) is 0 Å². The standard InChI is InChI=1S/C18H25N3O6S2/c1-3-4-11-27-14-5-7-15(8-6-14)29(25,26)13-18(23,16(22)20-24)12-28-17-19-9-10-21(17)2/h5-10,23-24H,3-4,11-13H2,1-2H3,(H,20,22). The van der Waals surface area contributed by atoms with Gasteiger partial charge < -0.3 is 14.4 Å². The first-order chi connectivity index (χ1) is 13.7. The van der Waals surface area contributed by atoms with Crippen molar-refractivity contribution in [3.8, 4) is 5.75 Å². The van der Waals surface area contributed by atoms with Crippen LogP contribution >= 0.6 is 11.8 Å². The molecule has 0 aliphatic rings. The van der Waals surface area contributed by atoms with Gasteiger partial charge in [0.05, 0.1) is 17.3 Å². The molecule has 3 N–H and O–H groups in total. The molecule has 0 aliphatic carbocycles. The van der Waals surface area contributed by atoms with E-state index >= 15 is 0 Å². The average Bonchev–Trinajstić information content (AvgIpc) is 3.11. The van der Waals surface area contributed by atoms with Gasteiger partial charge in [0.15, 0.2) is 20.6 Å². The van der Waals surface area contributed by atoms with Crippen molar-refractivity contribution < 1.29 is 28.3 Å². The molecule has 160 valence electrons. The zero-order chi connectivity index (χ0) is 21.5. The molecule has 1 unspecified atom stereocenters. The summed E-state index contributed by atoms with van der Waals surface area (Å²) in [6.45, 7) is 2.57. The summed E-state index contributed by atoms with van der Waals surface area (Å²) in [4.78, 5) is 16.0. The third kappa shape index (κ3) is 6.20. The Morgan fingerprint density at radius 2 is 2.03 bits per heavy atom. The number of imidazole rings is 1. The summed E-state index contributed by atoms with van der Waals surface area (Å²) in [6.07, 6.45) is 5.08. The predicted octanol–water partition coefficient (Wildman–Crippen LogP) is 1.40. The Labute approximate surface area is 174 Å². The highest BCUT2D eigenvalue weighted by Crippen LogP contribution is 2.26. The number of rotatable bonds is 11. The highest BCUT2D eigenvalue weighted by molar-refractivity contribution is 7.99. The number of hydrogen-bond acceptors (Lipinski definition) is 8. The van der Waals surface area contributed by atoms with Crippen LogP contribution in [-0.4, -0.2) is 57.9 Å². The molecule has 29 heavy (non-hydrogen) atoms. The molecule has 1 amide bonds. The van der Waals surface area contributed by atoms with Gasteiger partial charge in [0.25, 0.3) is 5.91 Å². The summed E-state index contributed by atoms with van der Waals surface area (Å²) in [7, 11) is -2.31. The number of benzene rings is 1. The highest BCUT2D eigenvalue weighted by Gasteiger charge is 2.41. The average molecular weight is 444 g/mol. The van der Waals surface area contributed by atoms with E-state index in [9.17, 15) is 18.3 Å². The number of hydrogen-bond donors (Lipinski definition) is 3. The maximum Gasteiger partial charge on any atom is 0.277 e. The Morgan fingerprint density at radius 1 is 1.34 bits per heavy atom. The number of nitrogens with zero attached hydrogens (tertiary/aromatic N) is 2. The fraction of sp³-hybridized carbons (Fsp3) is 0.444. The Morgan fingerprint density at radius 3 is 2.59 bits per heavy atom. The van der Waals surface area contributed by atoms with Crippen molar-refractivity contribution in [2.24, 2.45) is 7.05 Å². The molecule has 2 rings (SSSR count). The van der Waals surface area contributed by atoms with Gasteiger partial charge in [0, 0.05) is 25.2 Å². The lowest BCUT2D eigenvalue weighted by molar-refractivity contribution is -0.144. The van der Waals surface area contributed by atoms with Crippen LogP contribution in [0.3, 0.4) is 0 Å². The third-order valence-corrected chi connectivity index (χ3v) is 7.24. The summed E-state index contributed by atoms with van der Waals surface area (Å²) >= 11 is 0.999. The molecule has 0 bridgehead atoms. The molecule has 11 heteroatoms. The Bertz CT molecular complexity index is 914. The summed E-state index contributed by atoms with van der Waals surface area (Å²) < 4.78 is 32.7. The van der Waals surface area contributed by atoms with Gasteiger partial charge >= 0.3 is 0 Å². The van der Waals surface area contributed by atoms with Crippen molar-refractivity contribution in [3.63, 3.8) is 0 Å². The lowest BCUT2D eigenvalue weighted by Crippen LogP contribution is -2.52. The molecular formula is C18H25N3O6S2. The number of amides is 1. The number of aliphatic hydroxyl groups is 1. The zero-order valence-corrected chi connectivity index (χ0v) is 17.9. The number of hydroxylamine groups is 1. The van der Waals surface area contributed by atoms with Crippen LogP contribution in [0.2, 0.25) is 0 Å². The van der Waals surface area contributed by atoms with Crippen LogP contribution in [0.25, 0.3) is 0 Å². The van der Waals surface area contributed by atoms with Gasteiger partial charge in [0.2, 0.25) is 0 Å². The van der Waals surface area contributed by atoms with Crippen molar-refractivity contribution >= 4 is 27.5 Å². The van der Waals surface area contributed by atoms with Crippen LogP contribution < -0.4 is 10.2 Å². The number of aryl methyl sites for hydroxylation is 1. The number of nitrogens with one attached hydrogen (secondary N) is 1. The summed E-state index contributed by atoms with van der Waals surface area (Å²) in [5.41, 5.74) is -1.01. The highest BCUT2D eigenvalue weighted by atomic mass is 32.2. The van der Waals surface area contributed by atoms with Crippen LogP contribution in [-0.2, 0) is 21.7 Å². The second-order valence-corrected chi connectivity index (χ2v) is 9.45. The molecule has 1 aromatic carbocycles. The number of carbonyl (C=O) groups excluding carboxylic acids is 1. The SMILES string of the molecule is CCCCOc1ccc(S(=O)(=O)CC(O)(CSc2nccn2C)C(=O)NO)cc1. The minimum atomic E-state index is -4.03. The van der Waals surface area contributed by atoms with Crippen molar-refractivity contribution in [1.82, 2.24) is 15.0 Å². The predicted molar refractivity (Wildman–Crippen MR) is 108 cm³/mol. The van der Waals surface area contributed by atoms with E-state index in [-0.39, 0.29) is 10.6 Å². The van der Waals surface area contributed by atoms with E-state index < -0.39 is 27.1 Å². The molecule has 0 radical (unpaired) electrons. The summed E-state index contributed by atoms with van der Waals surface area (Å²) in [6, 6.07) is 5.77. The topological polar surface area (TPSA) is 131 Å². The van der Waals surface area contributed by atoms with Crippen LogP contribution in [0.4, 0.5) is 0 Å². The fourth-order valence-corrected chi connectivity index (χ4v) is 5.14. The maximum absolute atomic E-state index is 12.8. The van der Waals surface area contributed by atoms with Crippen molar-refractivity contribution in [2.75, 3.05) is 18.1 Å². The zero-order valence-electron chi connectivity index (χ0n) is 16.2. The lowest BCUT2D eigenvalue weighted by Gasteiger charge is -2.25. The molecule has 0 spiro atoms. The molecule has 0 fully saturated rings. The number of ether oxygens (including phenoxy) is 1. The Balaban J connectivity index is 2.15. The largest absolute Gasteiger partial charge is 0.494 e. The van der Waals surface area contributed by atoms with Crippen molar-refractivity contribution in [3.05, 3.63) is 36.7 Å². The first-order valence-electron chi connectivity index (χ1n) is 8.94. The smallest absolute Gasteiger partial charge is 0.277 e. The number of thioether (sulfide) groups is 1. The minimum Gasteiger partial charge on any atom is -0.494 e. The van der Waals surface area contributed by atoms with Gasteiger partial charge in [-0.15, -0.1) is 0 Å². The van der Waals surface area contributed by atoms with Gasteiger partial charge in [-0.05, 0) is 30.7 Å². The Kier molecular flexibility index (Phi) is 8.08. The lowest BCUT2D eigenvalue weighted by atomic mass is 10.1. The van der Waals surface area contributed by atoms with Gasteiger partial charge in [-0.2, -0.15) is 0 Å². The monoisotopic (exact) mass is 443 g/mol. The van der Waals surface area contributed by atoms with Crippen LogP contribution in [0.5, 0.6) is 5.75 Å². The van der Waals surface area contributed by atoms with E-state index in [0.29, 0.717) is 17.5 Å². The molecule has 0 aliphatic heterocycles. The number of carbonyl (C=O) groups is 1. The second kappa shape index (κ2) is 10.1. The quantitative estimate of drug-likeness (QED) is 0.206. The normalized spacial score (nSPS) is 13.7. The molecule has 1 atom stereocenters. The maximum atomic E-state index is 12.8. The number of sulfone groups is 1. The summed E-state index contributed by atoms with van der Waals surface area (Å²) in [5.74, 6) is -1.89. The van der Waals surface area contributed by atoms with Crippen LogP contribution in [0.1, 0.15) is 19.8 Å². The van der Waals surface area contributed by atoms with Gasteiger partial charge in [-0.1, -0.05) is 25.1 Å². The molecular weight excluding hydrogens is 418 g/mol. The van der Waals surface area contributed by atoms with E-state index in [0.717, 1.165) is 24.6 Å². The fourth-order valence-electron chi connectivity index (χ4n) is 2.43. The van der Waals surface area contributed by atoms with E-state index in [1.54, 1.807) is 17.8 Å². The van der Waals surface area contributed by atoms with Gasteiger partial charge in [-0.25, -0.2) is 18.9 Å². The van der Waals surface area contributed by atoms with Gasteiger partial charge in [0.1, 0.15) is 5.75 Å². The molecule has 0 saturated carbocycles. The first-order valence-corrected chi connectivity index (χ1v) is 11.6. The molecule has 1 aromatic heterocycles. The molecule has 0 saturated heterocycles. The number of unbranched alkanes of at least 4 members (excludes halogenated alkanes) is 1. The van der Waals surface area contributed by atoms with Crippen LogP contribution in [0.15, 0.2) is 46.7 Å².